The molecule has 2 saturated heterocycles. The van der Waals surface area contributed by atoms with Gasteiger partial charge in [-0.3, -0.25) is 0 Å². The molecule has 2 spiro atoms. The highest BCUT2D eigenvalue weighted by Crippen LogP contribution is 2.89. The second-order valence-electron chi connectivity index (χ2n) is 18.1. The van der Waals surface area contributed by atoms with E-state index in [1.165, 1.54) is 12.8 Å². The lowest BCUT2D eigenvalue weighted by Crippen LogP contribution is -2.60. The smallest absolute Gasteiger partial charge is 0.407 e. The van der Waals surface area contributed by atoms with Crippen LogP contribution in [0, 0.1) is 56.7 Å². The van der Waals surface area contributed by atoms with E-state index < -0.39 is 12.2 Å². The number of hydrogen-bond acceptors (Lipinski definition) is 7. The zero-order valence-corrected chi connectivity index (χ0v) is 29.6. The first-order chi connectivity index (χ1) is 21.7. The van der Waals surface area contributed by atoms with Crippen LogP contribution >= 0.6 is 0 Å². The molecule has 2 aliphatic heterocycles. The molecule has 4 N–H and O–H groups in total. The summed E-state index contributed by atoms with van der Waals surface area (Å²) in [5.74, 6) is 1.70. The SMILES string of the molecule is CCNC(=O)OC(C(C)C)C1C[C@@H](C)[C@H]2C(O1)[C@H](O)[C@@]1(C)C3CC[C@H]4C(C)(C)C(OC(=O)NC5CNC5)CCC45CC35CCC21C. The van der Waals surface area contributed by atoms with Crippen molar-refractivity contribution in [3.05, 3.63) is 0 Å². The van der Waals surface area contributed by atoms with Crippen LogP contribution in [0.15, 0.2) is 0 Å². The number of aliphatic hydroxyl groups is 1. The maximum atomic E-state index is 12.8. The Balaban J connectivity index is 1.12. The van der Waals surface area contributed by atoms with Gasteiger partial charge in [0.2, 0.25) is 0 Å². The van der Waals surface area contributed by atoms with E-state index in [1.54, 1.807) is 0 Å². The number of nitrogens with one attached hydrogen (secondary N) is 3. The molecule has 7 rings (SSSR count). The number of carbonyl (C=O) groups is 2. The molecule has 2 heterocycles. The van der Waals surface area contributed by atoms with E-state index in [0.29, 0.717) is 24.3 Å². The zero-order chi connectivity index (χ0) is 33.0. The van der Waals surface area contributed by atoms with E-state index in [9.17, 15) is 14.7 Å². The lowest BCUT2D eigenvalue weighted by atomic mass is 9.41. The first kappa shape index (κ1) is 32.9. The van der Waals surface area contributed by atoms with Crippen molar-refractivity contribution in [3.63, 3.8) is 0 Å². The molecule has 0 radical (unpaired) electrons. The van der Waals surface area contributed by atoms with E-state index in [-0.39, 0.29) is 75.5 Å². The average molecular weight is 644 g/mol. The molecule has 9 heteroatoms. The van der Waals surface area contributed by atoms with Crippen molar-refractivity contribution in [2.45, 2.75) is 143 Å². The summed E-state index contributed by atoms with van der Waals surface area (Å²) in [5.41, 5.74) is 0.147. The number of aliphatic hydroxyl groups excluding tert-OH is 1. The van der Waals surface area contributed by atoms with Crippen LogP contribution in [0.4, 0.5) is 9.59 Å². The van der Waals surface area contributed by atoms with Crippen molar-refractivity contribution in [1.82, 2.24) is 16.0 Å². The number of fused-ring (bicyclic) bond motifs is 4. The Hall–Kier alpha value is -1.58. The molecule has 5 aliphatic carbocycles. The van der Waals surface area contributed by atoms with Crippen LogP contribution in [-0.2, 0) is 14.2 Å². The van der Waals surface area contributed by atoms with Gasteiger partial charge in [0.1, 0.15) is 12.2 Å². The molecule has 9 nitrogen and oxygen atoms in total. The summed E-state index contributed by atoms with van der Waals surface area (Å²) in [6.45, 7) is 20.2. The van der Waals surface area contributed by atoms with Gasteiger partial charge in [-0.15, -0.1) is 0 Å². The number of hydrogen-bond donors (Lipinski definition) is 4. The highest BCUT2D eigenvalue weighted by atomic mass is 16.6. The monoisotopic (exact) mass is 643 g/mol. The molecule has 46 heavy (non-hydrogen) atoms. The number of ether oxygens (including phenoxy) is 3. The van der Waals surface area contributed by atoms with Crippen LogP contribution in [0.3, 0.4) is 0 Å². The number of carbonyl (C=O) groups excluding carboxylic acids is 2. The molecule has 2 amide bonds. The standard InChI is InChI=1S/C37H61N3O6/c1-9-39-31(42)46-28(20(2)3)23-16-21(4)27-29(44-23)30(41)35(8)25-11-10-24-33(5,6)26(45-32(43)40-22-17-38-18-22)12-13-36(24)19-37(25,36)15-14-34(27,35)7/h20-30,38,41H,9-19H2,1-8H3,(H,39,42)(H,40,43)/t21-,23?,24+,25?,26?,27+,28?,29?,30+,34?,35-,36?,37?/m1/s1. The lowest BCUT2D eigenvalue weighted by Gasteiger charge is -2.63. The zero-order valence-electron chi connectivity index (χ0n) is 29.6. The van der Waals surface area contributed by atoms with Crippen molar-refractivity contribution in [2.24, 2.45) is 56.7 Å². The second kappa shape index (κ2) is 11.0. The van der Waals surface area contributed by atoms with Gasteiger partial charge in [-0.2, -0.15) is 0 Å². The van der Waals surface area contributed by atoms with E-state index in [2.05, 4.69) is 64.4 Å². The third-order valence-corrected chi connectivity index (χ3v) is 15.7. The molecule has 0 aromatic rings. The van der Waals surface area contributed by atoms with Crippen LogP contribution in [0.25, 0.3) is 0 Å². The van der Waals surface area contributed by atoms with Gasteiger partial charge in [0.15, 0.2) is 0 Å². The maximum Gasteiger partial charge on any atom is 0.407 e. The molecule has 13 atom stereocenters. The second-order valence-corrected chi connectivity index (χ2v) is 18.1. The van der Waals surface area contributed by atoms with E-state index in [0.717, 1.165) is 51.6 Å². The van der Waals surface area contributed by atoms with Gasteiger partial charge in [-0.05, 0) is 104 Å². The van der Waals surface area contributed by atoms with Gasteiger partial charge in [0, 0.05) is 30.5 Å². The normalized spacial score (nSPS) is 49.2. The van der Waals surface area contributed by atoms with Gasteiger partial charge < -0.3 is 35.3 Å². The maximum absolute atomic E-state index is 12.8. The first-order valence-corrected chi connectivity index (χ1v) is 18.6. The minimum Gasteiger partial charge on any atom is -0.446 e. The molecular formula is C37H61N3O6. The van der Waals surface area contributed by atoms with Crippen molar-refractivity contribution < 1.29 is 28.9 Å². The molecule has 0 bridgehead atoms. The fourth-order valence-electron chi connectivity index (χ4n) is 13.4. The quantitative estimate of drug-likeness (QED) is 0.296. The Morgan fingerprint density at radius 2 is 1.70 bits per heavy atom. The summed E-state index contributed by atoms with van der Waals surface area (Å²) in [4.78, 5) is 25.3. The molecule has 7 fully saturated rings. The summed E-state index contributed by atoms with van der Waals surface area (Å²) < 4.78 is 19.1. The number of rotatable bonds is 6. The largest absolute Gasteiger partial charge is 0.446 e. The van der Waals surface area contributed by atoms with E-state index in [1.807, 2.05) is 6.92 Å². The highest BCUT2D eigenvalue weighted by molar-refractivity contribution is 5.68. The summed E-state index contributed by atoms with van der Waals surface area (Å²) in [7, 11) is 0. The number of amides is 2. The third-order valence-electron chi connectivity index (χ3n) is 15.7. The topological polar surface area (TPSA) is 118 Å². The molecule has 0 aromatic heterocycles. The first-order valence-electron chi connectivity index (χ1n) is 18.6. The van der Waals surface area contributed by atoms with Gasteiger partial charge >= 0.3 is 12.2 Å². The summed E-state index contributed by atoms with van der Waals surface area (Å²) in [5, 5.41) is 21.6. The molecule has 260 valence electrons. The third kappa shape index (κ3) is 4.34. The van der Waals surface area contributed by atoms with Crippen LogP contribution < -0.4 is 16.0 Å². The number of alkyl carbamates (subject to hydrolysis) is 2. The van der Waals surface area contributed by atoms with Crippen molar-refractivity contribution in [3.8, 4) is 0 Å². The highest BCUT2D eigenvalue weighted by Gasteiger charge is 2.84. The van der Waals surface area contributed by atoms with Gasteiger partial charge in [0.05, 0.1) is 24.4 Å². The minimum atomic E-state index is -0.557. The Bertz CT molecular complexity index is 1220. The molecule has 7 aliphatic rings. The minimum absolute atomic E-state index is 0.0218. The summed E-state index contributed by atoms with van der Waals surface area (Å²) in [6, 6.07) is 0.179. The van der Waals surface area contributed by atoms with Crippen LogP contribution in [-0.4, -0.2) is 73.5 Å². The Kier molecular flexibility index (Phi) is 7.85. The fraction of sp³-hybridized carbons (Fsp3) is 0.946. The average Bonchev–Trinajstić information content (AvgIpc) is 3.60. The molecule has 8 unspecified atom stereocenters. The van der Waals surface area contributed by atoms with Crippen LogP contribution in [0.1, 0.15) is 107 Å². The molecule has 5 saturated carbocycles. The summed E-state index contributed by atoms with van der Waals surface area (Å²) >= 11 is 0. The molecular weight excluding hydrogens is 582 g/mol. The summed E-state index contributed by atoms with van der Waals surface area (Å²) in [6.07, 6.45) is 6.55. The van der Waals surface area contributed by atoms with Crippen molar-refractivity contribution in [2.75, 3.05) is 19.6 Å². The van der Waals surface area contributed by atoms with Crippen LogP contribution in [0.5, 0.6) is 0 Å². The predicted molar refractivity (Wildman–Crippen MR) is 175 cm³/mol. The fourth-order valence-corrected chi connectivity index (χ4v) is 13.4. The van der Waals surface area contributed by atoms with Crippen LogP contribution in [0.2, 0.25) is 0 Å². The Morgan fingerprint density at radius 3 is 2.35 bits per heavy atom. The van der Waals surface area contributed by atoms with Gasteiger partial charge in [-0.1, -0.05) is 48.5 Å². The van der Waals surface area contributed by atoms with Crippen molar-refractivity contribution >= 4 is 12.2 Å². The van der Waals surface area contributed by atoms with Gasteiger partial charge in [-0.25, -0.2) is 9.59 Å². The Morgan fingerprint density at radius 1 is 1.00 bits per heavy atom. The predicted octanol–water partition coefficient (Wildman–Crippen LogP) is 5.64. The Labute approximate surface area is 276 Å². The van der Waals surface area contributed by atoms with E-state index >= 15 is 0 Å². The molecule has 0 aromatic carbocycles. The van der Waals surface area contributed by atoms with E-state index in [4.69, 9.17) is 14.2 Å². The van der Waals surface area contributed by atoms with Crippen molar-refractivity contribution in [1.29, 1.82) is 0 Å². The lowest BCUT2D eigenvalue weighted by molar-refractivity contribution is -0.184. The van der Waals surface area contributed by atoms with Gasteiger partial charge in [0.25, 0.3) is 0 Å².